The number of benzene rings is 1. The highest BCUT2D eigenvalue weighted by molar-refractivity contribution is 8.26. The molecule has 1 amide bonds. The van der Waals surface area contributed by atoms with Crippen LogP contribution in [-0.2, 0) is 9.59 Å². The Balaban J connectivity index is 1.82. The van der Waals surface area contributed by atoms with Gasteiger partial charge in [0.15, 0.2) is 0 Å². The van der Waals surface area contributed by atoms with E-state index >= 15 is 0 Å². The van der Waals surface area contributed by atoms with Crippen LogP contribution in [0.3, 0.4) is 0 Å². The van der Waals surface area contributed by atoms with E-state index in [2.05, 4.69) is 6.92 Å². The molecule has 0 saturated carbocycles. The van der Waals surface area contributed by atoms with Crippen LogP contribution in [0.25, 0.3) is 6.08 Å². The van der Waals surface area contributed by atoms with Gasteiger partial charge in [-0.05, 0) is 43.0 Å². The number of hydrogen-bond acceptors (Lipinski definition) is 5. The zero-order chi connectivity index (χ0) is 21.1. The van der Waals surface area contributed by atoms with Crippen molar-refractivity contribution in [3.05, 3.63) is 34.7 Å². The Morgan fingerprint density at radius 2 is 1.86 bits per heavy atom. The number of carboxylic acids is 1. The predicted octanol–water partition coefficient (Wildman–Crippen LogP) is 5.49. The van der Waals surface area contributed by atoms with Crippen LogP contribution in [0, 0.1) is 0 Å². The van der Waals surface area contributed by atoms with Crippen LogP contribution in [0.5, 0.6) is 5.75 Å². The lowest BCUT2D eigenvalue weighted by Crippen LogP contribution is -2.29. The number of nitrogens with zero attached hydrogens (tertiary/aromatic N) is 1. The third-order valence-corrected chi connectivity index (χ3v) is 5.97. The minimum Gasteiger partial charge on any atom is -0.494 e. The van der Waals surface area contributed by atoms with Gasteiger partial charge in [0.05, 0.1) is 11.5 Å². The van der Waals surface area contributed by atoms with E-state index < -0.39 is 5.97 Å². The van der Waals surface area contributed by atoms with Crippen LogP contribution >= 0.6 is 24.0 Å². The van der Waals surface area contributed by atoms with Crippen LogP contribution in [-0.4, -0.2) is 39.4 Å². The van der Waals surface area contributed by atoms with Crippen molar-refractivity contribution in [2.24, 2.45) is 0 Å². The Morgan fingerprint density at radius 3 is 2.55 bits per heavy atom. The lowest BCUT2D eigenvalue weighted by Gasteiger charge is -2.13. The summed E-state index contributed by atoms with van der Waals surface area (Å²) < 4.78 is 6.31. The molecular weight excluding hydrogens is 406 g/mol. The molecular formula is C22H29NO4S2. The minimum absolute atomic E-state index is 0.0746. The smallest absolute Gasteiger partial charge is 0.303 e. The first kappa shape index (κ1) is 23.4. The molecule has 5 nitrogen and oxygen atoms in total. The molecule has 1 aromatic carbocycles. The number of rotatable bonds is 13. The standard InChI is InChI=1S/C22H29NO4S2/c1-2-3-4-8-15-27-18-12-10-17(11-13-18)16-19-21(26)23(22(28)29-19)14-7-5-6-9-20(24)25/h10-13,16H,2-9,14-15H2,1H3,(H,24,25). The predicted molar refractivity (Wildman–Crippen MR) is 122 cm³/mol. The molecule has 1 heterocycles. The van der Waals surface area contributed by atoms with Gasteiger partial charge >= 0.3 is 5.97 Å². The number of ether oxygens (including phenoxy) is 1. The Kier molecular flexibility index (Phi) is 10.2. The van der Waals surface area contributed by atoms with E-state index in [9.17, 15) is 9.59 Å². The molecule has 1 fully saturated rings. The van der Waals surface area contributed by atoms with E-state index in [1.807, 2.05) is 30.3 Å². The maximum Gasteiger partial charge on any atom is 0.303 e. The summed E-state index contributed by atoms with van der Waals surface area (Å²) >= 11 is 6.66. The highest BCUT2D eigenvalue weighted by Gasteiger charge is 2.31. The van der Waals surface area contributed by atoms with Gasteiger partial charge in [0.25, 0.3) is 5.91 Å². The van der Waals surface area contributed by atoms with Crippen molar-refractivity contribution in [2.45, 2.75) is 58.3 Å². The van der Waals surface area contributed by atoms with Gasteiger partial charge in [0.2, 0.25) is 0 Å². The summed E-state index contributed by atoms with van der Waals surface area (Å²) in [5, 5.41) is 8.67. The van der Waals surface area contributed by atoms with Gasteiger partial charge in [-0.25, -0.2) is 0 Å². The fourth-order valence-corrected chi connectivity index (χ4v) is 4.25. The molecule has 158 valence electrons. The van der Waals surface area contributed by atoms with E-state index in [1.54, 1.807) is 4.90 Å². The maximum absolute atomic E-state index is 12.6. The van der Waals surface area contributed by atoms with Crippen molar-refractivity contribution in [3.8, 4) is 5.75 Å². The van der Waals surface area contributed by atoms with Gasteiger partial charge in [0, 0.05) is 13.0 Å². The van der Waals surface area contributed by atoms with Crippen molar-refractivity contribution < 1.29 is 19.4 Å². The molecule has 1 aliphatic heterocycles. The molecule has 1 N–H and O–H groups in total. The summed E-state index contributed by atoms with van der Waals surface area (Å²) in [5.74, 6) is -0.0199. The Bertz CT molecular complexity index is 731. The van der Waals surface area contributed by atoms with E-state index in [0.29, 0.717) is 22.2 Å². The summed E-state index contributed by atoms with van der Waals surface area (Å²) in [6, 6.07) is 7.74. The van der Waals surface area contributed by atoms with Crippen LogP contribution in [0.2, 0.25) is 0 Å². The second-order valence-corrected chi connectivity index (χ2v) is 8.69. The number of aliphatic carboxylic acids is 1. The Labute approximate surface area is 182 Å². The van der Waals surface area contributed by atoms with Crippen LogP contribution < -0.4 is 4.74 Å². The zero-order valence-corrected chi connectivity index (χ0v) is 18.5. The summed E-state index contributed by atoms with van der Waals surface area (Å²) in [7, 11) is 0. The summed E-state index contributed by atoms with van der Waals surface area (Å²) in [5.41, 5.74) is 0.935. The Morgan fingerprint density at radius 1 is 1.14 bits per heavy atom. The van der Waals surface area contributed by atoms with Gasteiger partial charge < -0.3 is 9.84 Å². The number of carbonyl (C=O) groups excluding carboxylic acids is 1. The fourth-order valence-electron chi connectivity index (χ4n) is 2.95. The third-order valence-electron chi connectivity index (χ3n) is 4.59. The van der Waals surface area contributed by atoms with Crippen molar-refractivity contribution in [1.82, 2.24) is 4.90 Å². The molecule has 0 aromatic heterocycles. The number of carboxylic acid groups (broad SMARTS) is 1. The number of thioether (sulfide) groups is 1. The molecule has 0 aliphatic carbocycles. The number of thiocarbonyl (C=S) groups is 1. The average Bonchev–Trinajstić information content (AvgIpc) is 2.96. The largest absolute Gasteiger partial charge is 0.494 e. The fraction of sp³-hybridized carbons (Fsp3) is 0.500. The molecule has 0 radical (unpaired) electrons. The maximum atomic E-state index is 12.6. The highest BCUT2D eigenvalue weighted by Crippen LogP contribution is 2.33. The lowest BCUT2D eigenvalue weighted by molar-refractivity contribution is -0.137. The van der Waals surface area contributed by atoms with Crippen LogP contribution in [0.1, 0.15) is 63.9 Å². The van der Waals surface area contributed by atoms with Crippen molar-refractivity contribution in [3.63, 3.8) is 0 Å². The van der Waals surface area contributed by atoms with E-state index in [4.69, 9.17) is 22.1 Å². The Hall–Kier alpha value is -1.86. The first-order chi connectivity index (χ1) is 14.0. The van der Waals surface area contributed by atoms with Crippen molar-refractivity contribution >= 4 is 46.3 Å². The first-order valence-electron chi connectivity index (χ1n) is 10.2. The quantitative estimate of drug-likeness (QED) is 0.251. The SMILES string of the molecule is CCCCCCOc1ccc(C=C2SC(=S)N(CCCCCC(=O)O)C2=O)cc1. The van der Waals surface area contributed by atoms with Crippen molar-refractivity contribution in [1.29, 1.82) is 0 Å². The molecule has 0 atom stereocenters. The molecule has 2 rings (SSSR count). The summed E-state index contributed by atoms with van der Waals surface area (Å²) in [6.07, 6.45) is 8.86. The normalized spacial score (nSPS) is 15.3. The first-order valence-corrected chi connectivity index (χ1v) is 11.4. The van der Waals surface area contributed by atoms with Gasteiger partial charge in [-0.15, -0.1) is 0 Å². The van der Waals surface area contributed by atoms with Crippen LogP contribution in [0.15, 0.2) is 29.2 Å². The molecule has 1 saturated heterocycles. The van der Waals surface area contributed by atoms with E-state index in [1.165, 1.54) is 31.0 Å². The summed E-state index contributed by atoms with van der Waals surface area (Å²) in [6.45, 7) is 3.45. The molecule has 1 aliphatic rings. The van der Waals surface area contributed by atoms with Gasteiger partial charge in [0.1, 0.15) is 10.1 Å². The van der Waals surface area contributed by atoms with Gasteiger partial charge in [-0.2, -0.15) is 0 Å². The second kappa shape index (κ2) is 12.6. The highest BCUT2D eigenvalue weighted by atomic mass is 32.2. The van der Waals surface area contributed by atoms with E-state index in [0.717, 1.165) is 37.2 Å². The van der Waals surface area contributed by atoms with E-state index in [-0.39, 0.29) is 12.3 Å². The van der Waals surface area contributed by atoms with Crippen molar-refractivity contribution in [2.75, 3.05) is 13.2 Å². The van der Waals surface area contributed by atoms with Gasteiger partial charge in [-0.1, -0.05) is 68.7 Å². The number of carbonyl (C=O) groups is 2. The van der Waals surface area contributed by atoms with Crippen LogP contribution in [0.4, 0.5) is 0 Å². The number of hydrogen-bond donors (Lipinski definition) is 1. The lowest BCUT2D eigenvalue weighted by atomic mass is 10.2. The zero-order valence-electron chi connectivity index (χ0n) is 16.9. The summed E-state index contributed by atoms with van der Waals surface area (Å²) in [4.78, 5) is 25.4. The number of amides is 1. The monoisotopic (exact) mass is 435 g/mol. The topological polar surface area (TPSA) is 66.8 Å². The minimum atomic E-state index is -0.786. The molecule has 1 aromatic rings. The third kappa shape index (κ3) is 8.19. The molecule has 7 heteroatoms. The second-order valence-electron chi connectivity index (χ2n) is 7.02. The number of unbranched alkanes of at least 4 members (excludes halogenated alkanes) is 5. The molecule has 0 bridgehead atoms. The average molecular weight is 436 g/mol. The molecule has 29 heavy (non-hydrogen) atoms. The van der Waals surface area contributed by atoms with Gasteiger partial charge in [-0.3, -0.25) is 14.5 Å². The molecule has 0 spiro atoms. The molecule has 0 unspecified atom stereocenters.